The average molecular weight is 265 g/mol. The van der Waals surface area contributed by atoms with Crippen LogP contribution in [0, 0.1) is 6.92 Å². The molecule has 2 unspecified atom stereocenters. The largest absolute Gasteiger partial charge is 0.465 e. The third-order valence-electron chi connectivity index (χ3n) is 3.81. The number of amides is 1. The van der Waals surface area contributed by atoms with Crippen molar-refractivity contribution in [2.24, 2.45) is 5.73 Å². The number of likely N-dealkylation sites (N-methyl/N-ethyl adjacent to an activating group) is 1. The molecule has 0 radical (unpaired) electrons. The molecule has 5 nitrogen and oxygen atoms in total. The second-order valence-corrected chi connectivity index (χ2v) is 5.06. The molecule has 1 aliphatic rings. The fourth-order valence-corrected chi connectivity index (χ4v) is 2.82. The van der Waals surface area contributed by atoms with E-state index in [-0.39, 0.29) is 18.0 Å². The van der Waals surface area contributed by atoms with E-state index in [1.54, 1.807) is 7.05 Å². The van der Waals surface area contributed by atoms with Crippen molar-refractivity contribution < 1.29 is 9.21 Å². The van der Waals surface area contributed by atoms with Gasteiger partial charge < -0.3 is 15.5 Å². The predicted octanol–water partition coefficient (Wildman–Crippen LogP) is 1.19. The molecular formula is C14H23N3O2. The second-order valence-electron chi connectivity index (χ2n) is 5.06. The molecule has 2 atom stereocenters. The van der Waals surface area contributed by atoms with Crippen LogP contribution in [0.4, 0.5) is 0 Å². The van der Waals surface area contributed by atoms with Crippen molar-refractivity contribution in [2.75, 3.05) is 20.1 Å². The highest BCUT2D eigenvalue weighted by Crippen LogP contribution is 2.29. The summed E-state index contributed by atoms with van der Waals surface area (Å²) in [5.41, 5.74) is 5.92. The first-order chi connectivity index (χ1) is 9.17. The van der Waals surface area contributed by atoms with E-state index in [2.05, 4.69) is 10.2 Å². The van der Waals surface area contributed by atoms with Gasteiger partial charge in [-0.3, -0.25) is 9.69 Å². The Balaban J connectivity index is 2.21. The Morgan fingerprint density at radius 1 is 1.58 bits per heavy atom. The van der Waals surface area contributed by atoms with E-state index in [1.165, 1.54) is 0 Å². The van der Waals surface area contributed by atoms with E-state index in [4.69, 9.17) is 10.2 Å². The lowest BCUT2D eigenvalue weighted by molar-refractivity contribution is -0.128. The smallest absolute Gasteiger partial charge is 0.237 e. The molecule has 106 valence electrons. The van der Waals surface area contributed by atoms with Gasteiger partial charge in [0.05, 0.1) is 12.1 Å². The zero-order valence-corrected chi connectivity index (χ0v) is 11.7. The van der Waals surface area contributed by atoms with Crippen LogP contribution in [0.1, 0.15) is 36.8 Å². The van der Waals surface area contributed by atoms with Crippen LogP contribution in [0.2, 0.25) is 0 Å². The molecule has 2 heterocycles. The van der Waals surface area contributed by atoms with Gasteiger partial charge in [-0.05, 0) is 38.4 Å². The number of aryl methyl sites for hydroxylation is 1. The molecule has 0 aromatic carbocycles. The van der Waals surface area contributed by atoms with Crippen LogP contribution in [0.3, 0.4) is 0 Å². The molecule has 1 saturated heterocycles. The number of carbonyl (C=O) groups excluding carboxylic acids is 1. The van der Waals surface area contributed by atoms with Crippen molar-refractivity contribution in [3.05, 3.63) is 23.7 Å². The summed E-state index contributed by atoms with van der Waals surface area (Å²) in [7, 11) is 1.68. The van der Waals surface area contributed by atoms with E-state index in [0.29, 0.717) is 6.54 Å². The molecule has 1 aromatic heterocycles. The quantitative estimate of drug-likeness (QED) is 0.858. The minimum atomic E-state index is -0.0993. The molecular weight excluding hydrogens is 242 g/mol. The summed E-state index contributed by atoms with van der Waals surface area (Å²) in [5.74, 6) is 1.80. The van der Waals surface area contributed by atoms with Gasteiger partial charge in [-0.25, -0.2) is 0 Å². The molecule has 5 heteroatoms. The number of nitrogens with two attached hydrogens (primary N) is 1. The Morgan fingerprint density at radius 2 is 2.37 bits per heavy atom. The van der Waals surface area contributed by atoms with Gasteiger partial charge in [0.25, 0.3) is 0 Å². The standard InChI is InChI=1S/C14H23N3O2/c1-10-6-7-13(19-10)12(9-15)17-8-4-3-5-11(17)14(18)16-2/h6-7,11-12H,3-5,8-9,15H2,1-2H3,(H,16,18). The Bertz CT molecular complexity index is 430. The van der Waals surface area contributed by atoms with Crippen LogP contribution in [0.15, 0.2) is 16.5 Å². The van der Waals surface area contributed by atoms with Crippen LogP contribution in [0.5, 0.6) is 0 Å². The zero-order chi connectivity index (χ0) is 13.8. The van der Waals surface area contributed by atoms with Crippen LogP contribution in [0.25, 0.3) is 0 Å². The maximum absolute atomic E-state index is 12.0. The Kier molecular flexibility index (Phi) is 4.61. The Labute approximate surface area is 114 Å². The van der Waals surface area contributed by atoms with Crippen LogP contribution in [-0.4, -0.2) is 37.0 Å². The van der Waals surface area contributed by atoms with Crippen molar-refractivity contribution in [3.63, 3.8) is 0 Å². The van der Waals surface area contributed by atoms with Crippen LogP contribution in [-0.2, 0) is 4.79 Å². The first kappa shape index (κ1) is 14.1. The molecule has 2 rings (SSSR count). The number of likely N-dealkylation sites (tertiary alicyclic amines) is 1. The highest BCUT2D eigenvalue weighted by Gasteiger charge is 2.34. The zero-order valence-electron chi connectivity index (χ0n) is 11.7. The molecule has 0 saturated carbocycles. The number of furan rings is 1. The molecule has 3 N–H and O–H groups in total. The summed E-state index contributed by atoms with van der Waals surface area (Å²) < 4.78 is 5.70. The first-order valence-corrected chi connectivity index (χ1v) is 6.91. The molecule has 19 heavy (non-hydrogen) atoms. The van der Waals surface area contributed by atoms with E-state index < -0.39 is 0 Å². The number of piperidine rings is 1. The molecule has 0 spiro atoms. The van der Waals surface area contributed by atoms with Crippen molar-refractivity contribution in [1.82, 2.24) is 10.2 Å². The van der Waals surface area contributed by atoms with Crippen molar-refractivity contribution in [1.29, 1.82) is 0 Å². The predicted molar refractivity (Wildman–Crippen MR) is 73.7 cm³/mol. The topological polar surface area (TPSA) is 71.5 Å². The maximum atomic E-state index is 12.0. The molecule has 0 bridgehead atoms. The van der Waals surface area contributed by atoms with Crippen molar-refractivity contribution in [3.8, 4) is 0 Å². The summed E-state index contributed by atoms with van der Waals surface area (Å²) in [6, 6.07) is 3.79. The minimum Gasteiger partial charge on any atom is -0.465 e. The normalized spacial score (nSPS) is 22.2. The molecule has 1 amide bonds. The molecule has 0 aliphatic carbocycles. The fraction of sp³-hybridized carbons (Fsp3) is 0.643. The van der Waals surface area contributed by atoms with Gasteiger partial charge in [0, 0.05) is 13.6 Å². The van der Waals surface area contributed by atoms with Crippen LogP contribution < -0.4 is 11.1 Å². The van der Waals surface area contributed by atoms with Gasteiger partial charge in [0.1, 0.15) is 11.5 Å². The van der Waals surface area contributed by atoms with E-state index in [9.17, 15) is 4.79 Å². The summed E-state index contributed by atoms with van der Waals surface area (Å²) in [6.07, 6.45) is 3.07. The minimum absolute atomic E-state index is 0.0173. The number of rotatable bonds is 4. The molecule has 1 fully saturated rings. The van der Waals surface area contributed by atoms with Gasteiger partial charge in [0.2, 0.25) is 5.91 Å². The van der Waals surface area contributed by atoms with Gasteiger partial charge in [-0.1, -0.05) is 6.42 Å². The van der Waals surface area contributed by atoms with Gasteiger partial charge in [0.15, 0.2) is 0 Å². The average Bonchev–Trinajstić information content (AvgIpc) is 2.86. The first-order valence-electron chi connectivity index (χ1n) is 6.91. The third-order valence-corrected chi connectivity index (χ3v) is 3.81. The monoisotopic (exact) mass is 265 g/mol. The lowest BCUT2D eigenvalue weighted by atomic mass is 9.98. The summed E-state index contributed by atoms with van der Waals surface area (Å²) >= 11 is 0. The fourth-order valence-electron chi connectivity index (χ4n) is 2.82. The van der Waals surface area contributed by atoms with Crippen molar-refractivity contribution in [2.45, 2.75) is 38.3 Å². The Hall–Kier alpha value is -1.33. The summed E-state index contributed by atoms with van der Waals surface area (Å²) in [4.78, 5) is 14.2. The highest BCUT2D eigenvalue weighted by atomic mass is 16.3. The van der Waals surface area contributed by atoms with E-state index in [1.807, 2.05) is 19.1 Å². The number of nitrogens with one attached hydrogen (secondary N) is 1. The second kappa shape index (κ2) is 6.21. The number of nitrogens with zero attached hydrogens (tertiary/aromatic N) is 1. The maximum Gasteiger partial charge on any atom is 0.237 e. The lowest BCUT2D eigenvalue weighted by Gasteiger charge is -2.38. The molecule has 1 aromatic rings. The number of carbonyl (C=O) groups is 1. The summed E-state index contributed by atoms with van der Waals surface area (Å²) in [6.45, 7) is 3.27. The Morgan fingerprint density at radius 3 is 2.95 bits per heavy atom. The van der Waals surface area contributed by atoms with Crippen LogP contribution >= 0.6 is 0 Å². The third kappa shape index (κ3) is 2.98. The van der Waals surface area contributed by atoms with Gasteiger partial charge in [-0.15, -0.1) is 0 Å². The number of hydrogen-bond acceptors (Lipinski definition) is 4. The van der Waals surface area contributed by atoms with Gasteiger partial charge >= 0.3 is 0 Å². The summed E-state index contributed by atoms with van der Waals surface area (Å²) in [5, 5.41) is 2.75. The SMILES string of the molecule is CNC(=O)C1CCCCN1C(CN)c1ccc(C)o1. The molecule has 1 aliphatic heterocycles. The number of hydrogen-bond donors (Lipinski definition) is 2. The highest BCUT2D eigenvalue weighted by molar-refractivity contribution is 5.81. The van der Waals surface area contributed by atoms with Crippen molar-refractivity contribution >= 4 is 5.91 Å². The van der Waals surface area contributed by atoms with Gasteiger partial charge in [-0.2, -0.15) is 0 Å². The van der Waals surface area contributed by atoms with E-state index in [0.717, 1.165) is 37.3 Å². The lowest BCUT2D eigenvalue weighted by Crippen LogP contribution is -2.51. The van der Waals surface area contributed by atoms with E-state index >= 15 is 0 Å².